The molecule has 1 aromatic heterocycles. The van der Waals surface area contributed by atoms with Crippen molar-refractivity contribution in [1.29, 1.82) is 0 Å². The van der Waals surface area contributed by atoms with Crippen LogP contribution in [0.2, 0.25) is 0 Å². The average Bonchev–Trinajstić information content (AvgIpc) is 2.94. The van der Waals surface area contributed by atoms with Gasteiger partial charge in [-0.15, -0.1) is 0 Å². The molecule has 0 saturated heterocycles. The number of fused-ring (bicyclic) bond motifs is 3. The van der Waals surface area contributed by atoms with Crippen molar-refractivity contribution in [2.75, 3.05) is 11.0 Å². The van der Waals surface area contributed by atoms with Gasteiger partial charge in [-0.3, -0.25) is 4.72 Å². The van der Waals surface area contributed by atoms with Gasteiger partial charge in [-0.2, -0.15) is 0 Å². The lowest BCUT2D eigenvalue weighted by molar-refractivity contribution is 0.461. The van der Waals surface area contributed by atoms with E-state index in [-0.39, 0.29) is 6.04 Å². The fraction of sp³-hybridized carbons (Fsp3) is 0.278. The SMILES string of the molecule is CS(=O)(=O)Nc1ccc2c(c1)nc1n2C[C@H](N)CC1.Fc1ccc(F)c(F)c1. The van der Waals surface area contributed by atoms with Gasteiger partial charge >= 0.3 is 0 Å². The molecule has 3 aromatic rings. The van der Waals surface area contributed by atoms with Gasteiger partial charge in [-0.1, -0.05) is 0 Å². The van der Waals surface area contributed by atoms with Crippen molar-refractivity contribution in [3.05, 3.63) is 59.7 Å². The standard InChI is InChI=1S/C12H16N4O2S.C6H3F3/c1-19(17,18)15-9-3-4-11-10(6-9)14-12-5-2-8(13)7-16(11)12;7-4-1-2-5(8)6(9)3-4/h3-4,6,8,15H,2,5,7,13H2,1H3;1-3H/t8-;/m1./s1. The Labute approximate surface area is 160 Å². The van der Waals surface area contributed by atoms with Crippen LogP contribution in [0.3, 0.4) is 0 Å². The number of sulfonamides is 1. The quantitative estimate of drug-likeness (QED) is 0.634. The van der Waals surface area contributed by atoms with Crippen molar-refractivity contribution in [2.45, 2.75) is 25.4 Å². The summed E-state index contributed by atoms with van der Waals surface area (Å²) in [5.74, 6) is -1.94. The highest BCUT2D eigenvalue weighted by molar-refractivity contribution is 7.92. The Bertz CT molecular complexity index is 1120. The van der Waals surface area contributed by atoms with Crippen LogP contribution in [-0.2, 0) is 23.0 Å². The van der Waals surface area contributed by atoms with Crippen molar-refractivity contribution < 1.29 is 21.6 Å². The highest BCUT2D eigenvalue weighted by Crippen LogP contribution is 2.24. The lowest BCUT2D eigenvalue weighted by Gasteiger charge is -2.20. The van der Waals surface area contributed by atoms with E-state index in [2.05, 4.69) is 14.3 Å². The van der Waals surface area contributed by atoms with Crippen molar-refractivity contribution in [1.82, 2.24) is 9.55 Å². The molecule has 0 radical (unpaired) electrons. The first-order chi connectivity index (χ1) is 13.1. The maximum absolute atomic E-state index is 12.0. The highest BCUT2D eigenvalue weighted by Gasteiger charge is 2.19. The van der Waals surface area contributed by atoms with Crippen LogP contribution >= 0.6 is 0 Å². The van der Waals surface area contributed by atoms with Crippen LogP contribution in [-0.4, -0.2) is 30.3 Å². The summed E-state index contributed by atoms with van der Waals surface area (Å²) in [6.45, 7) is 0.769. The van der Waals surface area contributed by atoms with Crippen LogP contribution in [0.25, 0.3) is 11.0 Å². The minimum Gasteiger partial charge on any atom is -0.326 e. The molecule has 2 heterocycles. The lowest BCUT2D eigenvalue weighted by Crippen LogP contribution is -2.31. The van der Waals surface area contributed by atoms with E-state index in [4.69, 9.17) is 5.73 Å². The topological polar surface area (TPSA) is 90.0 Å². The molecule has 4 rings (SSSR count). The van der Waals surface area contributed by atoms with Gasteiger partial charge in [0.15, 0.2) is 11.6 Å². The summed E-state index contributed by atoms with van der Waals surface area (Å²) in [5.41, 5.74) is 8.32. The van der Waals surface area contributed by atoms with Gasteiger partial charge in [-0.05, 0) is 36.8 Å². The van der Waals surface area contributed by atoms with E-state index in [0.29, 0.717) is 11.8 Å². The van der Waals surface area contributed by atoms with Gasteiger partial charge in [0.2, 0.25) is 10.0 Å². The molecule has 0 bridgehead atoms. The van der Waals surface area contributed by atoms with E-state index >= 15 is 0 Å². The van der Waals surface area contributed by atoms with Crippen LogP contribution in [0.1, 0.15) is 12.2 Å². The summed E-state index contributed by atoms with van der Waals surface area (Å²) < 4.78 is 62.9. The van der Waals surface area contributed by atoms with Gasteiger partial charge in [0, 0.05) is 25.1 Å². The number of halogens is 3. The summed E-state index contributed by atoms with van der Waals surface area (Å²) in [4.78, 5) is 4.55. The normalized spacial score (nSPS) is 16.2. The zero-order valence-electron chi connectivity index (χ0n) is 15.0. The van der Waals surface area contributed by atoms with Gasteiger partial charge in [0.1, 0.15) is 11.6 Å². The first-order valence-corrected chi connectivity index (χ1v) is 10.3. The molecule has 0 aliphatic carbocycles. The summed E-state index contributed by atoms with van der Waals surface area (Å²) in [6.07, 6.45) is 2.94. The molecular formula is C18H19F3N4O2S. The monoisotopic (exact) mass is 412 g/mol. The Hall–Kier alpha value is -2.59. The number of hydrogen-bond acceptors (Lipinski definition) is 4. The van der Waals surface area contributed by atoms with Crippen molar-refractivity contribution in [3.8, 4) is 0 Å². The second-order valence-corrected chi connectivity index (χ2v) is 8.32. The number of benzene rings is 2. The van der Waals surface area contributed by atoms with Crippen molar-refractivity contribution in [2.24, 2.45) is 5.73 Å². The Morgan fingerprint density at radius 1 is 1.14 bits per heavy atom. The number of imidazole rings is 1. The van der Waals surface area contributed by atoms with Crippen LogP contribution in [0.15, 0.2) is 36.4 Å². The predicted octanol–water partition coefficient (Wildman–Crippen LogP) is 2.79. The number of aromatic nitrogens is 2. The number of anilines is 1. The first-order valence-electron chi connectivity index (χ1n) is 8.45. The van der Waals surface area contributed by atoms with E-state index < -0.39 is 27.5 Å². The second-order valence-electron chi connectivity index (χ2n) is 6.57. The van der Waals surface area contributed by atoms with Crippen molar-refractivity contribution in [3.63, 3.8) is 0 Å². The van der Waals surface area contributed by atoms with E-state index in [1.165, 1.54) is 0 Å². The molecule has 0 fully saturated rings. The molecule has 3 N–H and O–H groups in total. The van der Waals surface area contributed by atoms with Crippen LogP contribution in [0.5, 0.6) is 0 Å². The molecule has 0 saturated carbocycles. The van der Waals surface area contributed by atoms with Gasteiger partial charge < -0.3 is 10.3 Å². The molecular weight excluding hydrogens is 393 g/mol. The molecule has 6 nitrogen and oxygen atoms in total. The van der Waals surface area contributed by atoms with E-state index in [0.717, 1.165) is 54.6 Å². The minimum absolute atomic E-state index is 0.165. The second kappa shape index (κ2) is 7.80. The number of rotatable bonds is 2. The smallest absolute Gasteiger partial charge is 0.229 e. The molecule has 1 atom stereocenters. The maximum atomic E-state index is 12.0. The molecule has 0 spiro atoms. The Morgan fingerprint density at radius 2 is 1.89 bits per heavy atom. The van der Waals surface area contributed by atoms with Gasteiger partial charge in [-0.25, -0.2) is 26.6 Å². The number of hydrogen-bond donors (Lipinski definition) is 2. The summed E-state index contributed by atoms with van der Waals surface area (Å²) in [5, 5.41) is 0. The number of nitrogens with zero attached hydrogens (tertiary/aromatic N) is 2. The number of nitrogens with two attached hydrogens (primary N) is 1. The zero-order valence-corrected chi connectivity index (χ0v) is 15.8. The molecule has 150 valence electrons. The lowest BCUT2D eigenvalue weighted by atomic mass is 10.1. The van der Waals surface area contributed by atoms with Gasteiger partial charge in [0.25, 0.3) is 0 Å². The number of aryl methyl sites for hydroxylation is 1. The molecule has 2 aromatic carbocycles. The van der Waals surface area contributed by atoms with Crippen LogP contribution in [0, 0.1) is 17.5 Å². The Morgan fingerprint density at radius 3 is 2.54 bits per heavy atom. The number of nitrogens with one attached hydrogen (secondary N) is 1. The van der Waals surface area contributed by atoms with E-state index in [9.17, 15) is 21.6 Å². The third kappa shape index (κ3) is 4.82. The summed E-state index contributed by atoms with van der Waals surface area (Å²) in [6, 6.07) is 7.65. The maximum Gasteiger partial charge on any atom is 0.229 e. The van der Waals surface area contributed by atoms with Gasteiger partial charge in [0.05, 0.1) is 23.0 Å². The molecule has 28 heavy (non-hydrogen) atoms. The average molecular weight is 412 g/mol. The zero-order chi connectivity index (χ0) is 20.5. The molecule has 1 aliphatic rings. The van der Waals surface area contributed by atoms with E-state index in [1.807, 2.05) is 6.07 Å². The van der Waals surface area contributed by atoms with Crippen molar-refractivity contribution >= 4 is 26.7 Å². The Kier molecular flexibility index (Phi) is 5.61. The largest absolute Gasteiger partial charge is 0.326 e. The summed E-state index contributed by atoms with van der Waals surface area (Å²) >= 11 is 0. The molecule has 10 heteroatoms. The predicted molar refractivity (Wildman–Crippen MR) is 101 cm³/mol. The fourth-order valence-electron chi connectivity index (χ4n) is 2.96. The third-order valence-electron chi connectivity index (χ3n) is 4.17. The first kappa shape index (κ1) is 20.2. The van der Waals surface area contributed by atoms with Crippen LogP contribution < -0.4 is 10.5 Å². The fourth-order valence-corrected chi connectivity index (χ4v) is 3.52. The molecule has 0 unspecified atom stereocenters. The van der Waals surface area contributed by atoms with Crippen LogP contribution in [0.4, 0.5) is 18.9 Å². The highest BCUT2D eigenvalue weighted by atomic mass is 32.2. The molecule has 0 amide bonds. The minimum atomic E-state index is -3.26. The third-order valence-corrected chi connectivity index (χ3v) is 4.77. The summed E-state index contributed by atoms with van der Waals surface area (Å²) in [7, 11) is -3.26. The molecule has 1 aliphatic heterocycles. The van der Waals surface area contributed by atoms with E-state index in [1.54, 1.807) is 12.1 Å². The Balaban J connectivity index is 0.000000211.